The van der Waals surface area contributed by atoms with Gasteiger partial charge in [0.05, 0.1) is 12.0 Å². The van der Waals surface area contributed by atoms with Gasteiger partial charge in [0.15, 0.2) is 0 Å². The minimum atomic E-state index is -0.583. The summed E-state index contributed by atoms with van der Waals surface area (Å²) in [5.74, 6) is -0.551. The average Bonchev–Trinajstić information content (AvgIpc) is 1.69. The molecule has 48 valence electrons. The first-order valence-electron chi connectivity index (χ1n) is 1.77. The number of nitrogens with zero attached hydrogens (tertiary/aromatic N) is 1. The molecule has 0 bridgehead atoms. The number of hydrogen-bond donors (Lipinski definition) is 2. The van der Waals surface area contributed by atoms with E-state index in [4.69, 9.17) is 10.3 Å². The molecule has 0 amide bonds. The van der Waals surface area contributed by atoms with Crippen LogP contribution in [-0.2, 0) is 4.74 Å². The molecule has 9 heavy (non-hydrogen) atoms. The predicted octanol–water partition coefficient (Wildman–Crippen LogP) is -2.73. The van der Waals surface area contributed by atoms with Crippen molar-refractivity contribution in [1.29, 1.82) is 0 Å². The Morgan fingerprint density at radius 3 is 2.33 bits per heavy atom. The van der Waals surface area contributed by atoms with Gasteiger partial charge < -0.3 is 11.3 Å². The molecule has 0 aliphatic heterocycles. The van der Waals surface area contributed by atoms with E-state index in [1.807, 2.05) is 0 Å². The van der Waals surface area contributed by atoms with Crippen molar-refractivity contribution in [2.75, 3.05) is 7.11 Å². The summed E-state index contributed by atoms with van der Waals surface area (Å²) in [6, 6.07) is 0. The van der Waals surface area contributed by atoms with Gasteiger partial charge in [0.25, 0.3) is 0 Å². The number of aliphatic hydroxyl groups is 1. The van der Waals surface area contributed by atoms with E-state index in [2.05, 4.69) is 4.74 Å². The van der Waals surface area contributed by atoms with E-state index >= 15 is 0 Å². The molecule has 6 heteroatoms. The van der Waals surface area contributed by atoms with Crippen LogP contribution in [0.3, 0.4) is 0 Å². The van der Waals surface area contributed by atoms with Gasteiger partial charge in [-0.15, -0.1) is 0 Å². The van der Waals surface area contributed by atoms with Crippen LogP contribution < -0.4 is 29.6 Å². The van der Waals surface area contributed by atoms with Crippen molar-refractivity contribution in [2.45, 2.75) is 0 Å². The van der Waals surface area contributed by atoms with Crippen LogP contribution in [0.4, 0.5) is 0 Å². The van der Waals surface area contributed by atoms with Crippen molar-refractivity contribution in [1.82, 2.24) is 0 Å². The monoisotopic (exact) mass is 144 g/mol. The molecule has 2 N–H and O–H groups in total. The number of ether oxygens (including phenoxy) is 1. The molecule has 0 atom stereocenters. The van der Waals surface area contributed by atoms with Crippen molar-refractivity contribution in [2.24, 2.45) is 0 Å². The maximum Gasteiger partial charge on any atom is 1.00 e. The SMILES string of the molecule is COC(=CO)[N+](=O)O.[H-].[Na+]. The fourth-order valence-corrected chi connectivity index (χ4v) is 0.180. The van der Waals surface area contributed by atoms with Crippen LogP contribution >= 0.6 is 0 Å². The Morgan fingerprint density at radius 1 is 1.89 bits per heavy atom. The number of aliphatic hydroxyl groups excluding tert-OH is 1. The molecule has 0 aromatic carbocycles. The first kappa shape index (κ1) is 11.5. The molecule has 0 heterocycles. The third kappa shape index (κ3) is 4.26. The standard InChI is InChI=1S/C3H5NO4.Na.H/c1-8-3(2-5)4(6)7;;/h2H,1H3,(H-,5,6,7);;/q;+1;-1/p+1. The second-order valence-electron chi connectivity index (χ2n) is 0.944. The minimum Gasteiger partial charge on any atom is -1.00 e. The van der Waals surface area contributed by atoms with E-state index in [1.54, 1.807) is 0 Å². The van der Waals surface area contributed by atoms with Crippen LogP contribution in [-0.4, -0.2) is 22.3 Å². The topological polar surface area (TPSA) is 69.8 Å². The molecule has 0 aliphatic carbocycles. The van der Waals surface area contributed by atoms with Crippen LogP contribution in [0.25, 0.3) is 0 Å². The summed E-state index contributed by atoms with van der Waals surface area (Å²) in [6.07, 6.45) is 0.354. The molecule has 0 saturated heterocycles. The smallest absolute Gasteiger partial charge is 1.00 e. The average molecular weight is 144 g/mol. The van der Waals surface area contributed by atoms with Crippen molar-refractivity contribution >= 4 is 0 Å². The van der Waals surface area contributed by atoms with E-state index in [-0.39, 0.29) is 31.0 Å². The van der Waals surface area contributed by atoms with Gasteiger partial charge in [-0.2, -0.15) is 0 Å². The van der Waals surface area contributed by atoms with Crippen molar-refractivity contribution in [3.05, 3.63) is 17.1 Å². The Morgan fingerprint density at radius 2 is 2.33 bits per heavy atom. The van der Waals surface area contributed by atoms with E-state index in [9.17, 15) is 4.91 Å². The van der Waals surface area contributed by atoms with E-state index < -0.39 is 10.8 Å². The summed E-state index contributed by atoms with van der Waals surface area (Å²) in [7, 11) is 1.14. The molecule has 0 rings (SSSR count). The summed E-state index contributed by atoms with van der Waals surface area (Å²) in [5, 5.41) is 15.9. The maximum atomic E-state index is 9.72. The van der Waals surface area contributed by atoms with E-state index in [0.717, 1.165) is 7.11 Å². The Balaban J connectivity index is -0.000000245. The molecule has 0 unspecified atom stereocenters. The Hall–Kier alpha value is -0.260. The van der Waals surface area contributed by atoms with Crippen LogP contribution in [0.15, 0.2) is 12.1 Å². The van der Waals surface area contributed by atoms with Gasteiger partial charge in [0, 0.05) is 0 Å². The van der Waals surface area contributed by atoms with Crippen molar-refractivity contribution < 1.29 is 51.0 Å². The third-order valence-electron chi connectivity index (χ3n) is 0.508. The zero-order valence-corrected chi connectivity index (χ0v) is 7.24. The first-order chi connectivity index (χ1) is 3.72. The second kappa shape index (κ2) is 5.87. The number of hydrogen-bond acceptors (Lipinski definition) is 3. The maximum absolute atomic E-state index is 9.72. The van der Waals surface area contributed by atoms with E-state index in [0.29, 0.717) is 6.26 Å². The molecular weight excluding hydrogens is 137 g/mol. The van der Waals surface area contributed by atoms with E-state index in [1.165, 1.54) is 0 Å². The van der Waals surface area contributed by atoms with Gasteiger partial charge in [-0.1, -0.05) is 0 Å². The van der Waals surface area contributed by atoms with Crippen molar-refractivity contribution in [3.8, 4) is 0 Å². The van der Waals surface area contributed by atoms with Crippen molar-refractivity contribution in [3.63, 3.8) is 0 Å². The van der Waals surface area contributed by atoms with Gasteiger partial charge in [0.1, 0.15) is 0 Å². The Labute approximate surface area is 75.2 Å². The van der Waals surface area contributed by atoms with Crippen LogP contribution in [0.1, 0.15) is 1.43 Å². The fourth-order valence-electron chi connectivity index (χ4n) is 0.180. The summed E-state index contributed by atoms with van der Waals surface area (Å²) in [4.78, 5) is 9.14. The summed E-state index contributed by atoms with van der Waals surface area (Å²) in [6.45, 7) is 0. The van der Waals surface area contributed by atoms with Gasteiger partial charge >= 0.3 is 40.4 Å². The normalized spacial score (nSPS) is 9.67. The quantitative estimate of drug-likeness (QED) is 0.251. The Bertz CT molecular complexity index is 128. The van der Waals surface area contributed by atoms with Gasteiger partial charge in [-0.3, -0.25) is 0 Å². The molecule has 0 aromatic heterocycles. The third-order valence-corrected chi connectivity index (χ3v) is 0.508. The molecule has 0 fully saturated rings. The molecule has 0 saturated carbocycles. The molecule has 0 aliphatic rings. The van der Waals surface area contributed by atoms with Crippen LogP contribution in [0, 0.1) is 4.91 Å². The summed E-state index contributed by atoms with van der Waals surface area (Å²) in [5.41, 5.74) is 0. The first-order valence-corrected chi connectivity index (χ1v) is 1.77. The zero-order valence-electron chi connectivity index (χ0n) is 6.24. The van der Waals surface area contributed by atoms with Crippen LogP contribution in [0.2, 0.25) is 0 Å². The molecule has 0 radical (unpaired) electrons. The largest absolute Gasteiger partial charge is 1.00 e. The zero-order chi connectivity index (χ0) is 6.57. The van der Waals surface area contributed by atoms with Crippen LogP contribution in [0.5, 0.6) is 0 Å². The van der Waals surface area contributed by atoms with Gasteiger partial charge in [-0.05, 0) is 0 Å². The van der Waals surface area contributed by atoms with Gasteiger partial charge in [-0.25, -0.2) is 5.21 Å². The molecule has 0 aromatic rings. The molecule has 5 nitrogen and oxygen atoms in total. The predicted molar refractivity (Wildman–Crippen MR) is 24.2 cm³/mol. The minimum absolute atomic E-state index is 0. The summed E-state index contributed by atoms with van der Waals surface area (Å²) >= 11 is 0. The molecule has 0 spiro atoms. The summed E-state index contributed by atoms with van der Waals surface area (Å²) < 4.78 is 4.14. The molecular formula is C3H7NNaO4+. The number of methoxy groups -OCH3 is 1. The second-order valence-corrected chi connectivity index (χ2v) is 0.944. The fraction of sp³-hybridized carbons (Fsp3) is 0.333. The van der Waals surface area contributed by atoms with Gasteiger partial charge in [0.2, 0.25) is 6.26 Å². The number of rotatable bonds is 2. The Kier molecular flexibility index (Phi) is 7.52.